The number of nitrogens with one attached hydrogen (secondary N) is 2. The van der Waals surface area contributed by atoms with Crippen LogP contribution in [0.5, 0.6) is 5.75 Å². The number of fused-ring (bicyclic) bond motifs is 1. The maximum Gasteiger partial charge on any atom is 0.229 e. The second-order valence-corrected chi connectivity index (χ2v) is 14.9. The minimum Gasteiger partial charge on any atom is -0.494 e. The highest BCUT2D eigenvalue weighted by molar-refractivity contribution is 8.00. The van der Waals surface area contributed by atoms with E-state index in [4.69, 9.17) is 9.72 Å². The Hall–Kier alpha value is -4.38. The van der Waals surface area contributed by atoms with Gasteiger partial charge in [0.1, 0.15) is 22.9 Å². The third-order valence-electron chi connectivity index (χ3n) is 10.1. The van der Waals surface area contributed by atoms with Crippen molar-refractivity contribution in [1.29, 1.82) is 5.26 Å². The fraction of sp³-hybridized carbons (Fsp3) is 0.486. The van der Waals surface area contributed by atoms with Crippen LogP contribution in [-0.4, -0.2) is 102 Å². The van der Waals surface area contributed by atoms with Gasteiger partial charge < -0.3 is 29.5 Å². The number of hydrogen-bond donors (Lipinski definition) is 2. The number of nitrogens with zero attached hydrogens (tertiary/aromatic N) is 9. The van der Waals surface area contributed by atoms with Crippen LogP contribution in [0, 0.1) is 17.2 Å². The number of hydrogen-bond acceptors (Lipinski definition) is 13. The van der Waals surface area contributed by atoms with Crippen LogP contribution < -0.4 is 24.6 Å². The summed E-state index contributed by atoms with van der Waals surface area (Å²) in [7, 11) is 5.94. The second-order valence-electron chi connectivity index (χ2n) is 13.5. The maximum atomic E-state index is 10.0. The van der Waals surface area contributed by atoms with Gasteiger partial charge in [0.25, 0.3) is 0 Å². The van der Waals surface area contributed by atoms with E-state index in [0.717, 1.165) is 78.1 Å². The van der Waals surface area contributed by atoms with Gasteiger partial charge in [-0.2, -0.15) is 10.2 Å². The van der Waals surface area contributed by atoms with E-state index in [1.54, 1.807) is 37.6 Å². The minimum absolute atomic E-state index is 0.336. The van der Waals surface area contributed by atoms with Crippen molar-refractivity contribution in [2.45, 2.75) is 45.1 Å². The van der Waals surface area contributed by atoms with Crippen molar-refractivity contribution >= 4 is 57.5 Å². The van der Waals surface area contributed by atoms with Crippen LogP contribution in [0.1, 0.15) is 43.7 Å². The number of rotatable bonds is 12. The molecule has 0 unspecified atom stereocenters. The lowest BCUT2D eigenvalue weighted by Gasteiger charge is -2.43. The molecule has 2 aromatic carbocycles. The Balaban J connectivity index is 1.15. The first-order valence-electron chi connectivity index (χ1n) is 17.7. The number of ether oxygens (including phenoxy) is 1. The van der Waals surface area contributed by atoms with Gasteiger partial charge in [0, 0.05) is 82.3 Å². The first-order chi connectivity index (χ1) is 24.4. The van der Waals surface area contributed by atoms with Crippen LogP contribution in [0.3, 0.4) is 0 Å². The molecule has 0 bridgehead atoms. The standard InChI is InChI=1S/C37H47N11OS/c1-5-50-46(3)35-30(9-8-29-34(35)40-13-12-39-29)42-36-27(23-38)24-41-37(44-36)43-31-21-26(20-25-6-7-25)32(22-33(31)49-4)48-14-10-28(11-15-48)47-18-16-45(2)17-19-47/h8-9,12-13,21-22,24-25,28H,5-7,10-11,14-20H2,1-4H3,(H2,41,42,43,44). The highest BCUT2D eigenvalue weighted by atomic mass is 32.2. The Morgan fingerprint density at radius 2 is 1.76 bits per heavy atom. The third-order valence-corrected chi connectivity index (χ3v) is 11.0. The first kappa shape index (κ1) is 34.1. The van der Waals surface area contributed by atoms with E-state index in [1.807, 2.05) is 19.2 Å². The second kappa shape index (κ2) is 15.2. The molecule has 13 heteroatoms. The van der Waals surface area contributed by atoms with Gasteiger partial charge in [0.15, 0.2) is 5.82 Å². The third kappa shape index (κ3) is 7.52. The van der Waals surface area contributed by atoms with Crippen LogP contribution in [0.2, 0.25) is 0 Å². The summed E-state index contributed by atoms with van der Waals surface area (Å²) >= 11 is 1.66. The zero-order valence-corrected chi connectivity index (χ0v) is 30.3. The highest BCUT2D eigenvalue weighted by Crippen LogP contribution is 2.42. The van der Waals surface area contributed by atoms with Crippen LogP contribution in [0.15, 0.2) is 42.9 Å². The van der Waals surface area contributed by atoms with E-state index < -0.39 is 0 Å². The molecule has 7 rings (SSSR count). The summed E-state index contributed by atoms with van der Waals surface area (Å²) in [5.41, 5.74) is 6.96. The fourth-order valence-corrected chi connectivity index (χ4v) is 7.90. The van der Waals surface area contributed by atoms with Crippen molar-refractivity contribution in [1.82, 2.24) is 29.7 Å². The van der Waals surface area contributed by atoms with Crippen molar-refractivity contribution in [2.75, 3.05) is 86.1 Å². The molecule has 50 heavy (non-hydrogen) atoms. The molecule has 2 saturated heterocycles. The lowest BCUT2D eigenvalue weighted by Crippen LogP contribution is -2.52. The molecular formula is C37H47N11OS. The molecule has 2 aromatic heterocycles. The van der Waals surface area contributed by atoms with E-state index >= 15 is 0 Å². The largest absolute Gasteiger partial charge is 0.494 e. The summed E-state index contributed by atoms with van der Waals surface area (Å²) in [6.45, 7) is 8.86. The Kier molecular flexibility index (Phi) is 10.4. The Labute approximate surface area is 299 Å². The highest BCUT2D eigenvalue weighted by Gasteiger charge is 2.30. The van der Waals surface area contributed by atoms with Gasteiger partial charge in [-0.05, 0) is 68.8 Å². The minimum atomic E-state index is 0.336. The van der Waals surface area contributed by atoms with E-state index in [0.29, 0.717) is 23.4 Å². The first-order valence-corrected chi connectivity index (χ1v) is 18.7. The lowest BCUT2D eigenvalue weighted by molar-refractivity contribution is 0.0982. The Morgan fingerprint density at radius 1 is 0.980 bits per heavy atom. The topological polar surface area (TPSA) is 122 Å². The summed E-state index contributed by atoms with van der Waals surface area (Å²) in [4.78, 5) is 26.2. The van der Waals surface area contributed by atoms with Crippen molar-refractivity contribution in [3.8, 4) is 11.8 Å². The average Bonchev–Trinajstić information content (AvgIpc) is 3.96. The number of piperidine rings is 1. The molecule has 3 fully saturated rings. The van der Waals surface area contributed by atoms with Gasteiger partial charge in [-0.15, -0.1) is 0 Å². The molecule has 1 aliphatic carbocycles. The molecule has 4 heterocycles. The average molecular weight is 694 g/mol. The molecule has 0 amide bonds. The van der Waals surface area contributed by atoms with Crippen LogP contribution in [0.4, 0.5) is 34.5 Å². The molecular weight excluding hydrogens is 647 g/mol. The maximum absolute atomic E-state index is 10.0. The van der Waals surface area contributed by atoms with Crippen LogP contribution in [-0.2, 0) is 6.42 Å². The van der Waals surface area contributed by atoms with Gasteiger partial charge in [-0.1, -0.05) is 18.9 Å². The molecule has 2 aliphatic heterocycles. The zero-order valence-electron chi connectivity index (χ0n) is 29.5. The van der Waals surface area contributed by atoms with Crippen LogP contribution in [0.25, 0.3) is 11.0 Å². The number of aromatic nitrogens is 4. The summed E-state index contributed by atoms with van der Waals surface area (Å²) in [6, 6.07) is 11.2. The summed E-state index contributed by atoms with van der Waals surface area (Å²) in [6.07, 6.45) is 10.9. The molecule has 262 valence electrons. The van der Waals surface area contributed by atoms with Crippen molar-refractivity contribution in [2.24, 2.45) is 5.92 Å². The molecule has 1 saturated carbocycles. The Bertz CT molecular complexity index is 1850. The van der Waals surface area contributed by atoms with Gasteiger partial charge in [0.05, 0.1) is 35.9 Å². The number of anilines is 6. The predicted molar refractivity (Wildman–Crippen MR) is 203 cm³/mol. The van der Waals surface area contributed by atoms with E-state index in [2.05, 4.69) is 76.8 Å². The van der Waals surface area contributed by atoms with Gasteiger partial charge >= 0.3 is 0 Å². The smallest absolute Gasteiger partial charge is 0.229 e. The number of nitriles is 1. The summed E-state index contributed by atoms with van der Waals surface area (Å²) < 4.78 is 8.06. The quantitative estimate of drug-likeness (QED) is 0.167. The molecule has 12 nitrogen and oxygen atoms in total. The van der Waals surface area contributed by atoms with Crippen LogP contribution >= 0.6 is 11.9 Å². The predicted octanol–water partition coefficient (Wildman–Crippen LogP) is 6.06. The lowest BCUT2D eigenvalue weighted by atomic mass is 9.98. The van der Waals surface area contributed by atoms with Gasteiger partial charge in [-0.3, -0.25) is 14.9 Å². The van der Waals surface area contributed by atoms with Gasteiger partial charge in [0.2, 0.25) is 5.95 Å². The normalized spacial score (nSPS) is 17.5. The molecule has 0 spiro atoms. The molecule has 2 N–H and O–H groups in total. The Morgan fingerprint density at radius 3 is 2.48 bits per heavy atom. The summed E-state index contributed by atoms with van der Waals surface area (Å²) in [5, 5.41) is 16.9. The summed E-state index contributed by atoms with van der Waals surface area (Å²) in [5.74, 6) is 3.14. The fourth-order valence-electron chi connectivity index (χ4n) is 7.20. The number of likely N-dealkylation sites (N-methyl/N-ethyl adjacent to an activating group) is 1. The van der Waals surface area contributed by atoms with E-state index in [1.165, 1.54) is 50.0 Å². The van der Waals surface area contributed by atoms with Crippen molar-refractivity contribution < 1.29 is 4.74 Å². The number of benzene rings is 2. The number of methoxy groups -OCH3 is 1. The zero-order chi connectivity index (χ0) is 34.6. The molecule has 0 atom stereocenters. The molecule has 3 aliphatic rings. The number of piperazine rings is 1. The molecule has 0 radical (unpaired) electrons. The monoisotopic (exact) mass is 693 g/mol. The van der Waals surface area contributed by atoms with E-state index in [9.17, 15) is 5.26 Å². The van der Waals surface area contributed by atoms with Gasteiger partial charge in [-0.25, -0.2) is 4.98 Å². The molecule has 4 aromatic rings. The van der Waals surface area contributed by atoms with E-state index in [-0.39, 0.29) is 0 Å². The van der Waals surface area contributed by atoms with Crippen molar-refractivity contribution in [3.63, 3.8) is 0 Å². The van der Waals surface area contributed by atoms with Crippen molar-refractivity contribution in [3.05, 3.63) is 54.0 Å². The SMILES string of the molecule is CCSN(C)c1c(Nc2nc(Nc3cc(CC4CC4)c(N4CCC(N5CCN(C)CC5)CC4)cc3OC)ncc2C#N)ccc2nccnc12.